The van der Waals surface area contributed by atoms with Gasteiger partial charge in [0, 0.05) is 5.70 Å². The van der Waals surface area contributed by atoms with E-state index in [1.165, 1.54) is 24.3 Å². The minimum absolute atomic E-state index is 0.184. The zero-order chi connectivity index (χ0) is 18.1. The van der Waals surface area contributed by atoms with Crippen LogP contribution in [0, 0.1) is 0 Å². The van der Waals surface area contributed by atoms with Crippen molar-refractivity contribution in [2.75, 3.05) is 5.32 Å². The molecule has 0 aromatic heterocycles. The van der Waals surface area contributed by atoms with Crippen LogP contribution < -0.4 is 5.32 Å². The van der Waals surface area contributed by atoms with Crippen LogP contribution in [0.25, 0.3) is 12.2 Å². The largest absolute Gasteiger partial charge is 0.504 e. The summed E-state index contributed by atoms with van der Waals surface area (Å²) < 4.78 is 0. The van der Waals surface area contributed by atoms with Gasteiger partial charge in [-0.25, -0.2) is 9.59 Å². The summed E-state index contributed by atoms with van der Waals surface area (Å²) >= 11 is 0. The molecule has 7 heteroatoms. The second-order valence-electron chi connectivity index (χ2n) is 5.37. The van der Waals surface area contributed by atoms with Gasteiger partial charge >= 0.3 is 11.9 Å². The van der Waals surface area contributed by atoms with Gasteiger partial charge in [0.05, 0.1) is 16.8 Å². The number of nitrogens with one attached hydrogen (secondary N) is 1. The van der Waals surface area contributed by atoms with Crippen molar-refractivity contribution in [1.82, 2.24) is 0 Å². The molecule has 2 aromatic carbocycles. The van der Waals surface area contributed by atoms with E-state index in [-0.39, 0.29) is 28.3 Å². The number of aromatic hydroxyl groups is 2. The number of hydrogen-bond donors (Lipinski definition) is 5. The molecule has 0 atom stereocenters. The molecule has 0 fully saturated rings. The summed E-state index contributed by atoms with van der Waals surface area (Å²) in [6, 6.07) is 7.02. The summed E-state index contributed by atoms with van der Waals surface area (Å²) in [4.78, 5) is 22.8. The van der Waals surface area contributed by atoms with Crippen molar-refractivity contribution in [1.29, 1.82) is 0 Å². The molecule has 0 bridgehead atoms. The maximum Gasteiger partial charge on any atom is 0.338 e. The highest BCUT2D eigenvalue weighted by atomic mass is 16.4. The van der Waals surface area contributed by atoms with Crippen LogP contribution >= 0.6 is 0 Å². The molecule has 7 nitrogen and oxygen atoms in total. The average molecular weight is 339 g/mol. The molecule has 5 N–H and O–H groups in total. The number of carboxylic acids is 2. The zero-order valence-corrected chi connectivity index (χ0v) is 12.7. The number of hydrogen-bond acceptors (Lipinski definition) is 5. The van der Waals surface area contributed by atoms with Crippen molar-refractivity contribution in [3.8, 4) is 11.5 Å². The highest BCUT2D eigenvalue weighted by molar-refractivity contribution is 6.08. The van der Waals surface area contributed by atoms with E-state index in [9.17, 15) is 30.0 Å². The molecule has 1 aliphatic rings. The van der Waals surface area contributed by atoms with Crippen molar-refractivity contribution in [2.24, 2.45) is 0 Å². The van der Waals surface area contributed by atoms with Gasteiger partial charge in [0.25, 0.3) is 0 Å². The van der Waals surface area contributed by atoms with Gasteiger partial charge in [0.1, 0.15) is 0 Å². The number of allylic oxidation sites excluding steroid dienone is 1. The van der Waals surface area contributed by atoms with Gasteiger partial charge in [-0.1, -0.05) is 18.2 Å². The molecule has 0 unspecified atom stereocenters. The molecule has 2 aromatic rings. The minimum Gasteiger partial charge on any atom is -0.504 e. The lowest BCUT2D eigenvalue weighted by Crippen LogP contribution is -2.15. The lowest BCUT2D eigenvalue weighted by molar-refractivity contribution is 0.0652. The lowest BCUT2D eigenvalue weighted by atomic mass is 9.97. The second kappa shape index (κ2) is 6.04. The van der Waals surface area contributed by atoms with E-state index in [0.717, 1.165) is 0 Å². The molecule has 0 saturated heterocycles. The quantitative estimate of drug-likeness (QED) is 0.544. The van der Waals surface area contributed by atoms with Crippen molar-refractivity contribution in [2.45, 2.75) is 0 Å². The van der Waals surface area contributed by atoms with Gasteiger partial charge in [-0.2, -0.15) is 0 Å². The fraction of sp³-hybridized carbons (Fsp3) is 0. The maximum absolute atomic E-state index is 11.5. The molecule has 126 valence electrons. The first-order chi connectivity index (χ1) is 11.9. The van der Waals surface area contributed by atoms with Gasteiger partial charge in [-0.15, -0.1) is 0 Å². The summed E-state index contributed by atoms with van der Waals surface area (Å²) in [5.74, 6) is -3.21. The number of fused-ring (bicyclic) bond motifs is 1. The number of rotatable bonds is 3. The minimum atomic E-state index is -1.35. The van der Waals surface area contributed by atoms with Gasteiger partial charge in [-0.05, 0) is 41.5 Å². The van der Waals surface area contributed by atoms with Crippen LogP contribution in [0.15, 0.2) is 42.1 Å². The first kappa shape index (κ1) is 16.1. The first-order valence-corrected chi connectivity index (χ1v) is 7.19. The van der Waals surface area contributed by atoms with E-state index in [4.69, 9.17) is 0 Å². The molecule has 25 heavy (non-hydrogen) atoms. The summed E-state index contributed by atoms with van der Waals surface area (Å²) in [5.41, 5.74) is 1.17. The monoisotopic (exact) mass is 339 g/mol. The third-order valence-corrected chi connectivity index (χ3v) is 3.72. The number of aromatic carboxylic acids is 2. The number of carboxylic acid groups (broad SMARTS) is 2. The van der Waals surface area contributed by atoms with Crippen LogP contribution in [-0.4, -0.2) is 32.4 Å². The van der Waals surface area contributed by atoms with Crippen LogP contribution in [-0.2, 0) is 0 Å². The molecule has 0 amide bonds. The molecule has 1 aliphatic heterocycles. The Bertz CT molecular complexity index is 958. The standard InChI is InChI=1S/C18H13NO6/c20-13-6-1-9(8-14(13)21)7-11-4-2-10-3-5-12(17(22)23)15(18(24)25)16(10)19-11/h1-8,19-21H,(H,22,23)(H,24,25)/b11-7+. The highest BCUT2D eigenvalue weighted by Gasteiger charge is 2.24. The molecule has 0 radical (unpaired) electrons. The van der Waals surface area contributed by atoms with E-state index in [1.54, 1.807) is 24.3 Å². The van der Waals surface area contributed by atoms with Gasteiger partial charge < -0.3 is 25.7 Å². The second-order valence-corrected chi connectivity index (χ2v) is 5.37. The summed E-state index contributed by atoms with van der Waals surface area (Å²) in [6.45, 7) is 0. The number of carbonyl (C=O) groups is 2. The highest BCUT2D eigenvalue weighted by Crippen LogP contribution is 2.32. The fourth-order valence-electron chi connectivity index (χ4n) is 2.55. The Balaban J connectivity index is 2.06. The predicted octanol–water partition coefficient (Wildman–Crippen LogP) is 2.97. The maximum atomic E-state index is 11.5. The number of benzene rings is 2. The normalized spacial score (nSPS) is 14.0. The Morgan fingerprint density at radius 2 is 1.68 bits per heavy atom. The van der Waals surface area contributed by atoms with Gasteiger partial charge in [0.15, 0.2) is 11.5 Å². The lowest BCUT2D eigenvalue weighted by Gasteiger charge is -2.19. The van der Waals surface area contributed by atoms with Gasteiger partial charge in [-0.3, -0.25) is 0 Å². The van der Waals surface area contributed by atoms with Gasteiger partial charge in [0.2, 0.25) is 0 Å². The van der Waals surface area contributed by atoms with Crippen molar-refractivity contribution in [3.63, 3.8) is 0 Å². The molecule has 1 heterocycles. The predicted molar refractivity (Wildman–Crippen MR) is 90.8 cm³/mol. The zero-order valence-electron chi connectivity index (χ0n) is 12.7. The fourth-order valence-corrected chi connectivity index (χ4v) is 2.55. The van der Waals surface area contributed by atoms with Crippen LogP contribution in [0.2, 0.25) is 0 Å². The van der Waals surface area contributed by atoms with Crippen LogP contribution in [0.1, 0.15) is 31.8 Å². The van der Waals surface area contributed by atoms with Crippen LogP contribution in [0.5, 0.6) is 11.5 Å². The number of phenols is 2. The topological polar surface area (TPSA) is 127 Å². The van der Waals surface area contributed by atoms with Crippen LogP contribution in [0.3, 0.4) is 0 Å². The van der Waals surface area contributed by atoms with Crippen molar-refractivity contribution in [3.05, 3.63) is 64.4 Å². The van der Waals surface area contributed by atoms with Crippen molar-refractivity contribution >= 4 is 29.8 Å². The molecular formula is C18H13NO6. The van der Waals surface area contributed by atoms with E-state index in [0.29, 0.717) is 16.8 Å². The van der Waals surface area contributed by atoms with Crippen molar-refractivity contribution < 1.29 is 30.0 Å². The Kier molecular flexibility index (Phi) is 3.90. The SMILES string of the molecule is O=C(O)c1ccc2c(c1C(=O)O)N/C(=C/c1ccc(O)c(O)c1)C=C2. The Morgan fingerprint density at radius 3 is 2.32 bits per heavy atom. The van der Waals surface area contributed by atoms with E-state index >= 15 is 0 Å². The van der Waals surface area contributed by atoms with E-state index in [2.05, 4.69) is 5.32 Å². The third-order valence-electron chi connectivity index (χ3n) is 3.72. The van der Waals surface area contributed by atoms with E-state index in [1.807, 2.05) is 0 Å². The Morgan fingerprint density at radius 1 is 0.920 bits per heavy atom. The molecule has 0 aliphatic carbocycles. The number of anilines is 1. The molecule has 0 saturated carbocycles. The smallest absolute Gasteiger partial charge is 0.338 e. The average Bonchev–Trinajstić information content (AvgIpc) is 2.56. The third kappa shape index (κ3) is 3.02. The first-order valence-electron chi connectivity index (χ1n) is 7.19. The molecule has 3 rings (SSSR count). The Hall–Kier alpha value is -3.74. The molecular weight excluding hydrogens is 326 g/mol. The molecule has 0 spiro atoms. The number of phenolic OH excluding ortho intramolecular Hbond substituents is 2. The summed E-state index contributed by atoms with van der Waals surface area (Å²) in [6.07, 6.45) is 4.98. The summed E-state index contributed by atoms with van der Waals surface area (Å²) in [5, 5.41) is 40.4. The van der Waals surface area contributed by atoms with E-state index < -0.39 is 11.9 Å². The van der Waals surface area contributed by atoms with Crippen LogP contribution in [0.4, 0.5) is 5.69 Å². The Labute approximate surface area is 141 Å². The summed E-state index contributed by atoms with van der Waals surface area (Å²) in [7, 11) is 0.